The van der Waals surface area contributed by atoms with Gasteiger partial charge in [0, 0.05) is 39.3 Å². The summed E-state index contributed by atoms with van der Waals surface area (Å²) in [6.45, 7) is 8.85. The Morgan fingerprint density at radius 2 is 2.13 bits per heavy atom. The molecule has 0 bridgehead atoms. The van der Waals surface area contributed by atoms with Crippen LogP contribution in [0.2, 0.25) is 0 Å². The summed E-state index contributed by atoms with van der Waals surface area (Å²) in [6.07, 6.45) is 1.19. The van der Waals surface area contributed by atoms with Crippen LogP contribution in [0.25, 0.3) is 0 Å². The quantitative estimate of drug-likeness (QED) is 0.440. The fourth-order valence-electron chi connectivity index (χ4n) is 2.77. The van der Waals surface area contributed by atoms with Gasteiger partial charge in [-0.15, -0.1) is 24.0 Å². The summed E-state index contributed by atoms with van der Waals surface area (Å²) >= 11 is 0. The molecule has 2 rings (SSSR count). The number of likely N-dealkylation sites (tertiary alicyclic amines) is 1. The largest absolute Gasteiger partial charge is 0.352 e. The van der Waals surface area contributed by atoms with Gasteiger partial charge in [0.05, 0.1) is 0 Å². The molecule has 1 saturated heterocycles. The number of aliphatic imine (C=N–C) groups is 1. The summed E-state index contributed by atoms with van der Waals surface area (Å²) in [7, 11) is 1.82. The molecule has 1 amide bonds. The van der Waals surface area contributed by atoms with Crippen LogP contribution < -0.4 is 10.6 Å². The number of hydrogen-bond acceptors (Lipinski definition) is 2. The molecule has 1 fully saturated rings. The second-order valence-electron chi connectivity index (χ2n) is 6.62. The minimum Gasteiger partial charge on any atom is -0.352 e. The highest BCUT2D eigenvalue weighted by atomic mass is 127. The summed E-state index contributed by atoms with van der Waals surface area (Å²) in [6, 6.07) is 7.86. The van der Waals surface area contributed by atoms with Gasteiger partial charge in [-0.3, -0.25) is 9.79 Å². The van der Waals surface area contributed by atoms with E-state index in [1.54, 1.807) is 0 Å². The molecule has 0 atom stereocenters. The van der Waals surface area contributed by atoms with Crippen molar-refractivity contribution >= 4 is 41.5 Å². The number of hydrogen-bond donors (Lipinski definition) is 2. The van der Waals surface area contributed by atoms with E-state index in [4.69, 9.17) is 0 Å². The highest BCUT2D eigenvalue weighted by Crippen LogP contribution is 2.28. The number of nitrogens with one attached hydrogen (secondary N) is 2. The lowest BCUT2D eigenvalue weighted by Gasteiger charge is -2.23. The molecule has 0 aromatic heterocycles. The van der Waals surface area contributed by atoms with Crippen molar-refractivity contribution in [3.8, 4) is 0 Å². The van der Waals surface area contributed by atoms with Crippen molar-refractivity contribution in [3.63, 3.8) is 0 Å². The number of rotatable bonds is 3. The highest BCUT2D eigenvalue weighted by Gasteiger charge is 2.30. The van der Waals surface area contributed by atoms with Crippen molar-refractivity contribution in [2.24, 2.45) is 10.4 Å². The van der Waals surface area contributed by atoms with Gasteiger partial charge in [-0.2, -0.15) is 0 Å². The van der Waals surface area contributed by atoms with Gasteiger partial charge in [0.25, 0.3) is 0 Å². The SMILES string of the molecule is CN=C(NCc1cccc(NC(C)=O)c1)N1CCC(C)(C)C1.I. The maximum atomic E-state index is 11.1. The third-order valence-corrected chi connectivity index (χ3v) is 3.89. The van der Waals surface area contributed by atoms with Gasteiger partial charge < -0.3 is 15.5 Å². The molecule has 128 valence electrons. The Balaban J connectivity index is 0.00000264. The van der Waals surface area contributed by atoms with E-state index in [-0.39, 0.29) is 29.9 Å². The molecule has 5 nitrogen and oxygen atoms in total. The number of carbonyl (C=O) groups is 1. The third kappa shape index (κ3) is 6.01. The average molecular weight is 430 g/mol. The van der Waals surface area contributed by atoms with Crippen LogP contribution in [0.5, 0.6) is 0 Å². The van der Waals surface area contributed by atoms with E-state index in [0.29, 0.717) is 12.0 Å². The van der Waals surface area contributed by atoms with Crippen LogP contribution >= 0.6 is 24.0 Å². The van der Waals surface area contributed by atoms with Gasteiger partial charge >= 0.3 is 0 Å². The molecule has 0 saturated carbocycles. The Morgan fingerprint density at radius 3 is 2.70 bits per heavy atom. The van der Waals surface area contributed by atoms with Crippen molar-refractivity contribution in [1.82, 2.24) is 10.2 Å². The molecular weight excluding hydrogens is 403 g/mol. The standard InChI is InChI=1S/C17H26N4O.HI/c1-13(22)20-15-7-5-6-14(10-15)11-19-16(18-4)21-9-8-17(2,3)12-21;/h5-7,10H,8-9,11-12H2,1-4H3,(H,18,19)(H,20,22);1H. The summed E-state index contributed by atoms with van der Waals surface area (Å²) < 4.78 is 0. The molecule has 0 spiro atoms. The highest BCUT2D eigenvalue weighted by molar-refractivity contribution is 14.0. The van der Waals surface area contributed by atoms with Crippen molar-refractivity contribution < 1.29 is 4.79 Å². The number of nitrogens with zero attached hydrogens (tertiary/aromatic N) is 2. The Morgan fingerprint density at radius 1 is 1.39 bits per heavy atom. The number of amides is 1. The number of guanidine groups is 1. The molecule has 1 heterocycles. The zero-order chi connectivity index (χ0) is 16.2. The Hall–Kier alpha value is -1.31. The van der Waals surface area contributed by atoms with Gasteiger partial charge in [0.15, 0.2) is 5.96 Å². The maximum absolute atomic E-state index is 11.1. The van der Waals surface area contributed by atoms with Crippen LogP contribution in [-0.4, -0.2) is 36.9 Å². The lowest BCUT2D eigenvalue weighted by molar-refractivity contribution is -0.114. The smallest absolute Gasteiger partial charge is 0.221 e. The molecule has 1 aromatic carbocycles. The fourth-order valence-corrected chi connectivity index (χ4v) is 2.77. The Labute approximate surface area is 156 Å². The minimum atomic E-state index is -0.0554. The molecule has 6 heteroatoms. The van der Waals surface area contributed by atoms with Crippen LogP contribution in [0, 0.1) is 5.41 Å². The van der Waals surface area contributed by atoms with E-state index in [2.05, 4.69) is 34.4 Å². The molecule has 0 radical (unpaired) electrons. The van der Waals surface area contributed by atoms with Crippen LogP contribution in [0.15, 0.2) is 29.3 Å². The van der Waals surface area contributed by atoms with Crippen LogP contribution in [0.3, 0.4) is 0 Å². The molecule has 2 N–H and O–H groups in total. The normalized spacial score (nSPS) is 16.7. The van der Waals surface area contributed by atoms with Crippen LogP contribution in [0.4, 0.5) is 5.69 Å². The Kier molecular flexibility index (Phi) is 7.31. The van der Waals surface area contributed by atoms with Gasteiger partial charge in [-0.05, 0) is 29.5 Å². The Bertz CT molecular complexity index is 571. The van der Waals surface area contributed by atoms with E-state index in [9.17, 15) is 4.79 Å². The molecule has 1 aliphatic heterocycles. The lowest BCUT2D eigenvalue weighted by atomic mass is 9.93. The predicted molar refractivity (Wildman–Crippen MR) is 106 cm³/mol. The second-order valence-corrected chi connectivity index (χ2v) is 6.62. The first-order valence-electron chi connectivity index (χ1n) is 7.72. The first-order chi connectivity index (χ1) is 10.4. The van der Waals surface area contributed by atoms with Gasteiger partial charge in [0.2, 0.25) is 5.91 Å². The van der Waals surface area contributed by atoms with E-state index in [0.717, 1.165) is 30.3 Å². The lowest BCUT2D eigenvalue weighted by Crippen LogP contribution is -2.40. The molecule has 0 aliphatic carbocycles. The first kappa shape index (κ1) is 19.7. The fraction of sp³-hybridized carbons (Fsp3) is 0.529. The van der Waals surface area contributed by atoms with Crippen LogP contribution in [0.1, 0.15) is 32.8 Å². The predicted octanol–water partition coefficient (Wildman–Crippen LogP) is 3.07. The number of anilines is 1. The minimum absolute atomic E-state index is 0. The van der Waals surface area contributed by atoms with E-state index >= 15 is 0 Å². The van der Waals surface area contributed by atoms with E-state index < -0.39 is 0 Å². The van der Waals surface area contributed by atoms with Gasteiger partial charge in [-0.25, -0.2) is 0 Å². The average Bonchev–Trinajstić information content (AvgIpc) is 2.79. The summed E-state index contributed by atoms with van der Waals surface area (Å²) in [4.78, 5) is 17.8. The summed E-state index contributed by atoms with van der Waals surface area (Å²) in [5.41, 5.74) is 2.29. The number of benzene rings is 1. The maximum Gasteiger partial charge on any atom is 0.221 e. The molecular formula is C17H27IN4O. The van der Waals surface area contributed by atoms with Gasteiger partial charge in [-0.1, -0.05) is 26.0 Å². The van der Waals surface area contributed by atoms with Crippen molar-refractivity contribution in [1.29, 1.82) is 0 Å². The zero-order valence-corrected chi connectivity index (χ0v) is 16.7. The monoisotopic (exact) mass is 430 g/mol. The first-order valence-corrected chi connectivity index (χ1v) is 7.72. The number of carbonyl (C=O) groups excluding carboxylic acids is 1. The number of halogens is 1. The van der Waals surface area contributed by atoms with Crippen molar-refractivity contribution in [2.75, 3.05) is 25.5 Å². The topological polar surface area (TPSA) is 56.7 Å². The molecule has 0 unspecified atom stereocenters. The van der Waals surface area contributed by atoms with Gasteiger partial charge in [0.1, 0.15) is 0 Å². The van der Waals surface area contributed by atoms with Crippen molar-refractivity contribution in [2.45, 2.75) is 33.7 Å². The second kappa shape index (κ2) is 8.52. The van der Waals surface area contributed by atoms with E-state index in [1.807, 2.05) is 31.3 Å². The summed E-state index contributed by atoms with van der Waals surface area (Å²) in [5.74, 6) is 0.885. The van der Waals surface area contributed by atoms with Crippen molar-refractivity contribution in [3.05, 3.63) is 29.8 Å². The molecule has 1 aliphatic rings. The molecule has 1 aromatic rings. The molecule has 23 heavy (non-hydrogen) atoms. The third-order valence-electron chi connectivity index (χ3n) is 3.89. The van der Waals surface area contributed by atoms with E-state index in [1.165, 1.54) is 13.3 Å². The summed E-state index contributed by atoms with van der Waals surface area (Å²) in [5, 5.41) is 6.21. The van der Waals surface area contributed by atoms with Crippen LogP contribution in [-0.2, 0) is 11.3 Å². The zero-order valence-electron chi connectivity index (χ0n) is 14.3.